The van der Waals surface area contributed by atoms with Crippen molar-refractivity contribution in [3.63, 3.8) is 0 Å². The van der Waals surface area contributed by atoms with Gasteiger partial charge in [0.2, 0.25) is 0 Å². The summed E-state index contributed by atoms with van der Waals surface area (Å²) < 4.78 is 12.7. The van der Waals surface area contributed by atoms with Crippen molar-refractivity contribution in [2.45, 2.75) is 25.3 Å². The van der Waals surface area contributed by atoms with E-state index in [0.717, 1.165) is 0 Å². The number of hydrogen-bond acceptors (Lipinski definition) is 4. The smallest absolute Gasteiger partial charge is 0.169 e. The predicted molar refractivity (Wildman–Crippen MR) is 55.7 cm³/mol. The van der Waals surface area contributed by atoms with Gasteiger partial charge in [-0.3, -0.25) is 4.21 Å². The molecule has 3 atom stereocenters. The van der Waals surface area contributed by atoms with E-state index in [2.05, 4.69) is 15.5 Å². The van der Waals surface area contributed by atoms with Crippen molar-refractivity contribution in [2.75, 3.05) is 12.0 Å². The first-order chi connectivity index (χ1) is 6.52. The van der Waals surface area contributed by atoms with E-state index in [-0.39, 0.29) is 11.4 Å². The molecule has 0 N–H and O–H groups in total. The number of rotatable bonds is 4. The maximum Gasteiger partial charge on any atom is 0.169 e. The molecule has 1 aromatic heterocycles. The Bertz CT molecular complexity index is 327. The molecular formula is C7H13ClN4OS. The molecule has 0 aliphatic heterocycles. The van der Waals surface area contributed by atoms with Gasteiger partial charge in [0.1, 0.15) is 0 Å². The highest BCUT2D eigenvalue weighted by molar-refractivity contribution is 7.84. The van der Waals surface area contributed by atoms with Crippen LogP contribution in [0.4, 0.5) is 0 Å². The number of tetrazole rings is 1. The second kappa shape index (κ2) is 4.84. The Morgan fingerprint density at radius 3 is 2.71 bits per heavy atom. The zero-order valence-corrected chi connectivity index (χ0v) is 9.92. The summed E-state index contributed by atoms with van der Waals surface area (Å²) in [6.45, 7) is 3.72. The Morgan fingerprint density at radius 2 is 2.21 bits per heavy atom. The molecule has 80 valence electrons. The van der Waals surface area contributed by atoms with Gasteiger partial charge in [0.05, 0.1) is 11.4 Å². The quantitative estimate of drug-likeness (QED) is 0.730. The monoisotopic (exact) mass is 236 g/mol. The minimum Gasteiger partial charge on any atom is -0.260 e. The summed E-state index contributed by atoms with van der Waals surface area (Å²) in [4.78, 5) is 0. The lowest BCUT2D eigenvalue weighted by molar-refractivity contribution is 0.496. The fourth-order valence-corrected chi connectivity index (χ4v) is 2.15. The lowest BCUT2D eigenvalue weighted by Crippen LogP contribution is -2.17. The summed E-state index contributed by atoms with van der Waals surface area (Å²) in [6.07, 6.45) is 1.66. The topological polar surface area (TPSA) is 60.7 Å². The molecular weight excluding hydrogens is 224 g/mol. The first-order valence-electron chi connectivity index (χ1n) is 4.24. The molecule has 0 aliphatic carbocycles. The largest absolute Gasteiger partial charge is 0.260 e. The summed E-state index contributed by atoms with van der Waals surface area (Å²) in [5.74, 6) is 1.14. The van der Waals surface area contributed by atoms with Crippen molar-refractivity contribution in [1.82, 2.24) is 20.2 Å². The van der Waals surface area contributed by atoms with Crippen molar-refractivity contribution >= 4 is 22.4 Å². The molecule has 0 aromatic carbocycles. The van der Waals surface area contributed by atoms with Crippen LogP contribution in [-0.2, 0) is 10.8 Å². The van der Waals surface area contributed by atoms with Crippen molar-refractivity contribution in [2.24, 2.45) is 0 Å². The fourth-order valence-electron chi connectivity index (χ4n) is 1.19. The van der Waals surface area contributed by atoms with Crippen LogP contribution >= 0.6 is 11.6 Å². The molecule has 0 saturated heterocycles. The van der Waals surface area contributed by atoms with Crippen LogP contribution in [0.2, 0.25) is 0 Å². The molecule has 7 heteroatoms. The van der Waals surface area contributed by atoms with E-state index < -0.39 is 10.8 Å². The number of halogens is 1. The lowest BCUT2D eigenvalue weighted by Gasteiger charge is -2.12. The maximum absolute atomic E-state index is 11.0. The maximum atomic E-state index is 11.0. The SMILES string of the molecule is CC(Cl)c1nnnn1C(C)CS(C)=O. The zero-order chi connectivity index (χ0) is 10.7. The van der Waals surface area contributed by atoms with Crippen molar-refractivity contribution in [3.8, 4) is 0 Å². The Labute approximate surface area is 90.3 Å². The van der Waals surface area contributed by atoms with Gasteiger partial charge >= 0.3 is 0 Å². The molecule has 3 unspecified atom stereocenters. The molecule has 0 saturated carbocycles. The van der Waals surface area contributed by atoms with Crippen LogP contribution in [0.3, 0.4) is 0 Å². The zero-order valence-electron chi connectivity index (χ0n) is 8.35. The first kappa shape index (κ1) is 11.6. The van der Waals surface area contributed by atoms with E-state index in [1.807, 2.05) is 6.92 Å². The number of nitrogens with zero attached hydrogens (tertiary/aromatic N) is 4. The highest BCUT2D eigenvalue weighted by atomic mass is 35.5. The van der Waals surface area contributed by atoms with Crippen molar-refractivity contribution < 1.29 is 4.21 Å². The number of alkyl halides is 1. The summed E-state index contributed by atoms with van der Waals surface area (Å²) in [5.41, 5.74) is 0. The third-order valence-electron chi connectivity index (χ3n) is 1.77. The molecule has 0 radical (unpaired) electrons. The van der Waals surface area contributed by atoms with Crippen LogP contribution in [0, 0.1) is 0 Å². The van der Waals surface area contributed by atoms with Crippen LogP contribution in [0.25, 0.3) is 0 Å². The summed E-state index contributed by atoms with van der Waals surface area (Å²) in [6, 6.07) is 0.00651. The van der Waals surface area contributed by atoms with Gasteiger partial charge in [0.15, 0.2) is 5.82 Å². The second-order valence-electron chi connectivity index (χ2n) is 3.19. The van der Waals surface area contributed by atoms with Gasteiger partial charge < -0.3 is 0 Å². The van der Waals surface area contributed by atoms with Gasteiger partial charge in [-0.15, -0.1) is 16.7 Å². The van der Waals surface area contributed by atoms with Gasteiger partial charge in [-0.1, -0.05) is 0 Å². The van der Waals surface area contributed by atoms with Gasteiger partial charge in [0.25, 0.3) is 0 Å². The van der Waals surface area contributed by atoms with Crippen LogP contribution in [-0.4, -0.2) is 36.4 Å². The summed E-state index contributed by atoms with van der Waals surface area (Å²) in [5, 5.41) is 11.0. The Hall–Kier alpha value is -0.490. The highest BCUT2D eigenvalue weighted by Crippen LogP contribution is 2.18. The number of hydrogen-bond donors (Lipinski definition) is 0. The lowest BCUT2D eigenvalue weighted by atomic mass is 10.3. The third kappa shape index (κ3) is 2.75. The molecule has 0 spiro atoms. The Balaban J connectivity index is 2.83. The van der Waals surface area contributed by atoms with E-state index in [1.165, 1.54) is 0 Å². The Kier molecular flexibility index (Phi) is 4.00. The van der Waals surface area contributed by atoms with Crippen molar-refractivity contribution in [3.05, 3.63) is 5.82 Å². The Morgan fingerprint density at radius 1 is 1.57 bits per heavy atom. The minimum absolute atomic E-state index is 0.00651. The summed E-state index contributed by atoms with van der Waals surface area (Å²) in [7, 11) is -0.861. The molecule has 14 heavy (non-hydrogen) atoms. The molecule has 0 amide bonds. The van der Waals surface area contributed by atoms with Crippen molar-refractivity contribution in [1.29, 1.82) is 0 Å². The first-order valence-corrected chi connectivity index (χ1v) is 6.40. The normalized spacial score (nSPS) is 17.7. The third-order valence-corrected chi connectivity index (χ3v) is 2.91. The van der Waals surface area contributed by atoms with Crippen LogP contribution in [0.15, 0.2) is 0 Å². The van der Waals surface area contributed by atoms with Gasteiger partial charge in [-0.2, -0.15) is 0 Å². The summed E-state index contributed by atoms with van der Waals surface area (Å²) >= 11 is 5.89. The second-order valence-corrected chi connectivity index (χ2v) is 5.32. The minimum atomic E-state index is -0.861. The van der Waals surface area contributed by atoms with E-state index in [0.29, 0.717) is 11.6 Å². The van der Waals surface area contributed by atoms with Crippen LogP contribution in [0.1, 0.15) is 31.1 Å². The molecule has 0 bridgehead atoms. The van der Waals surface area contributed by atoms with Gasteiger partial charge in [-0.05, 0) is 24.3 Å². The standard InChI is InChI=1S/C7H13ClN4OS/c1-5(4-14(3)13)12-7(6(2)8)9-10-11-12/h5-6H,4H2,1-3H3. The molecule has 1 rings (SSSR count). The predicted octanol–water partition coefficient (Wildman–Crippen LogP) is 0.912. The molecule has 1 aromatic rings. The average molecular weight is 237 g/mol. The number of aromatic nitrogens is 4. The van der Waals surface area contributed by atoms with E-state index >= 15 is 0 Å². The average Bonchev–Trinajstić information content (AvgIpc) is 2.49. The fraction of sp³-hybridized carbons (Fsp3) is 0.857. The van der Waals surface area contributed by atoms with Gasteiger partial charge in [0, 0.05) is 22.8 Å². The van der Waals surface area contributed by atoms with E-state index in [4.69, 9.17) is 11.6 Å². The molecule has 0 fully saturated rings. The van der Waals surface area contributed by atoms with Gasteiger partial charge in [-0.25, -0.2) is 4.68 Å². The highest BCUT2D eigenvalue weighted by Gasteiger charge is 2.17. The van der Waals surface area contributed by atoms with E-state index in [9.17, 15) is 4.21 Å². The van der Waals surface area contributed by atoms with Crippen LogP contribution in [0.5, 0.6) is 0 Å². The van der Waals surface area contributed by atoms with Crippen LogP contribution < -0.4 is 0 Å². The molecule has 0 aliphatic rings. The molecule has 1 heterocycles. The van der Waals surface area contributed by atoms with E-state index in [1.54, 1.807) is 17.9 Å². The molecule has 5 nitrogen and oxygen atoms in total.